The lowest BCUT2D eigenvalue weighted by Gasteiger charge is -2.32. The van der Waals surface area contributed by atoms with E-state index < -0.39 is 0 Å². The molecule has 0 aromatic heterocycles. The molecule has 1 fully saturated rings. The number of hydrogen-bond acceptors (Lipinski definition) is 4. The molecule has 0 bridgehead atoms. The van der Waals surface area contributed by atoms with Gasteiger partial charge in [-0.25, -0.2) is 0 Å². The summed E-state index contributed by atoms with van der Waals surface area (Å²) in [5, 5.41) is 3.17. The van der Waals surface area contributed by atoms with Crippen LogP contribution in [0, 0.1) is 6.92 Å². The SMILES string of the molecule is CNCC(=Cc1ccc(C=O)c(C)c1)B1OC(C)(C)C(C)(C)O1. The van der Waals surface area contributed by atoms with Crippen molar-refractivity contribution in [3.63, 3.8) is 0 Å². The molecule has 1 saturated heterocycles. The number of rotatable bonds is 5. The van der Waals surface area contributed by atoms with E-state index in [0.717, 1.165) is 22.9 Å². The molecule has 124 valence electrons. The molecule has 0 unspecified atom stereocenters. The first-order valence-corrected chi connectivity index (χ1v) is 7.97. The van der Waals surface area contributed by atoms with Crippen LogP contribution in [0.15, 0.2) is 23.7 Å². The lowest BCUT2D eigenvalue weighted by molar-refractivity contribution is 0.00578. The van der Waals surface area contributed by atoms with Crippen LogP contribution in [0.5, 0.6) is 0 Å². The zero-order valence-electron chi connectivity index (χ0n) is 14.9. The Balaban J connectivity index is 2.32. The fraction of sp³-hybridized carbons (Fsp3) is 0.500. The molecular weight excluding hydrogens is 289 g/mol. The van der Waals surface area contributed by atoms with Gasteiger partial charge in [-0.05, 0) is 58.3 Å². The highest BCUT2D eigenvalue weighted by Gasteiger charge is 2.52. The Morgan fingerprint density at radius 2 is 1.83 bits per heavy atom. The summed E-state index contributed by atoms with van der Waals surface area (Å²) < 4.78 is 12.3. The summed E-state index contributed by atoms with van der Waals surface area (Å²) in [6.07, 6.45) is 2.95. The van der Waals surface area contributed by atoms with Crippen molar-refractivity contribution in [3.8, 4) is 0 Å². The van der Waals surface area contributed by atoms with Crippen molar-refractivity contribution < 1.29 is 14.1 Å². The molecule has 0 spiro atoms. The van der Waals surface area contributed by atoms with E-state index in [1.807, 2.05) is 59.9 Å². The minimum Gasteiger partial charge on any atom is -0.400 e. The van der Waals surface area contributed by atoms with E-state index >= 15 is 0 Å². The zero-order valence-corrected chi connectivity index (χ0v) is 14.9. The monoisotopic (exact) mass is 315 g/mol. The average Bonchev–Trinajstić information content (AvgIpc) is 2.67. The van der Waals surface area contributed by atoms with Crippen LogP contribution in [-0.4, -0.2) is 38.2 Å². The van der Waals surface area contributed by atoms with Crippen molar-refractivity contribution in [1.82, 2.24) is 5.32 Å². The first-order valence-electron chi connectivity index (χ1n) is 7.97. The van der Waals surface area contributed by atoms with E-state index in [9.17, 15) is 4.79 Å². The van der Waals surface area contributed by atoms with Crippen molar-refractivity contribution in [2.24, 2.45) is 0 Å². The second-order valence-electron chi connectivity index (χ2n) is 7.07. The van der Waals surface area contributed by atoms with Gasteiger partial charge in [0.1, 0.15) is 6.29 Å². The molecule has 0 radical (unpaired) electrons. The molecule has 2 rings (SSSR count). The van der Waals surface area contributed by atoms with Crippen LogP contribution in [0.4, 0.5) is 0 Å². The van der Waals surface area contributed by atoms with E-state index in [-0.39, 0.29) is 18.3 Å². The van der Waals surface area contributed by atoms with Gasteiger partial charge in [0.25, 0.3) is 0 Å². The van der Waals surface area contributed by atoms with Gasteiger partial charge >= 0.3 is 7.12 Å². The van der Waals surface area contributed by atoms with Crippen molar-refractivity contribution in [3.05, 3.63) is 40.4 Å². The average molecular weight is 315 g/mol. The van der Waals surface area contributed by atoms with E-state index in [1.54, 1.807) is 0 Å². The van der Waals surface area contributed by atoms with E-state index in [0.29, 0.717) is 12.1 Å². The minimum absolute atomic E-state index is 0.359. The first kappa shape index (κ1) is 17.9. The molecular formula is C18H26BNO3. The molecule has 1 aromatic carbocycles. The van der Waals surface area contributed by atoms with Gasteiger partial charge in [-0.15, -0.1) is 0 Å². The smallest absolute Gasteiger partial charge is 0.400 e. The zero-order chi connectivity index (χ0) is 17.3. The van der Waals surface area contributed by atoms with Gasteiger partial charge in [0.05, 0.1) is 11.2 Å². The quantitative estimate of drug-likeness (QED) is 0.670. The summed E-state index contributed by atoms with van der Waals surface area (Å²) in [5.41, 5.74) is 3.03. The Morgan fingerprint density at radius 3 is 2.30 bits per heavy atom. The van der Waals surface area contributed by atoms with Gasteiger partial charge < -0.3 is 14.6 Å². The fourth-order valence-electron chi connectivity index (χ4n) is 2.54. The summed E-state index contributed by atoms with van der Waals surface area (Å²) in [6, 6.07) is 5.79. The Bertz CT molecular complexity index is 607. The molecule has 4 nitrogen and oxygen atoms in total. The molecule has 0 aliphatic carbocycles. The van der Waals surface area contributed by atoms with Crippen LogP contribution in [0.25, 0.3) is 6.08 Å². The maximum atomic E-state index is 11.0. The normalized spacial score (nSPS) is 19.9. The topological polar surface area (TPSA) is 47.6 Å². The highest BCUT2D eigenvalue weighted by Crippen LogP contribution is 2.38. The molecule has 1 N–H and O–H groups in total. The van der Waals surface area contributed by atoms with Gasteiger partial charge in [0.2, 0.25) is 0 Å². The maximum absolute atomic E-state index is 11.0. The highest BCUT2D eigenvalue weighted by molar-refractivity contribution is 6.55. The predicted octanol–water partition coefficient (Wildman–Crippen LogP) is 3.04. The van der Waals surface area contributed by atoms with Gasteiger partial charge in [0, 0.05) is 12.1 Å². The lowest BCUT2D eigenvalue weighted by Crippen LogP contribution is -2.41. The van der Waals surface area contributed by atoms with Gasteiger partial charge in [-0.1, -0.05) is 24.3 Å². The Hall–Kier alpha value is -1.43. The van der Waals surface area contributed by atoms with Gasteiger partial charge in [-0.2, -0.15) is 0 Å². The molecule has 0 atom stereocenters. The van der Waals surface area contributed by atoms with Crippen LogP contribution >= 0.6 is 0 Å². The third-order valence-corrected chi connectivity index (χ3v) is 4.71. The third kappa shape index (κ3) is 3.74. The Labute approximate surface area is 139 Å². The highest BCUT2D eigenvalue weighted by atomic mass is 16.7. The molecule has 0 amide bonds. The molecule has 1 aliphatic heterocycles. The number of aryl methyl sites for hydroxylation is 1. The summed E-state index contributed by atoms with van der Waals surface area (Å²) >= 11 is 0. The number of carbonyl (C=O) groups excluding carboxylic acids is 1. The van der Waals surface area contributed by atoms with E-state index in [4.69, 9.17) is 9.31 Å². The Kier molecular flexibility index (Phi) is 5.14. The van der Waals surface area contributed by atoms with Gasteiger partial charge in [0.15, 0.2) is 0 Å². The standard InChI is InChI=1S/C18H26BNO3/c1-13-9-14(7-8-15(13)12-21)10-16(11-20-6)19-22-17(2,3)18(4,5)23-19/h7-10,12,20H,11H2,1-6H3. The second-order valence-corrected chi connectivity index (χ2v) is 7.07. The van der Waals surface area contributed by atoms with Crippen molar-refractivity contribution in [2.75, 3.05) is 13.6 Å². The molecule has 0 saturated carbocycles. The van der Waals surface area contributed by atoms with E-state index in [1.165, 1.54) is 0 Å². The van der Waals surface area contributed by atoms with Crippen LogP contribution in [0.1, 0.15) is 49.2 Å². The van der Waals surface area contributed by atoms with Crippen LogP contribution in [-0.2, 0) is 9.31 Å². The maximum Gasteiger partial charge on any atom is 0.491 e. The van der Waals surface area contributed by atoms with Crippen LogP contribution in [0.2, 0.25) is 0 Å². The number of nitrogens with one attached hydrogen (secondary N) is 1. The largest absolute Gasteiger partial charge is 0.491 e. The van der Waals surface area contributed by atoms with Crippen LogP contribution < -0.4 is 5.32 Å². The van der Waals surface area contributed by atoms with Crippen molar-refractivity contribution in [2.45, 2.75) is 45.8 Å². The fourth-order valence-corrected chi connectivity index (χ4v) is 2.54. The molecule has 1 aliphatic rings. The van der Waals surface area contributed by atoms with Gasteiger partial charge in [-0.3, -0.25) is 4.79 Å². The summed E-state index contributed by atoms with van der Waals surface area (Å²) in [6.45, 7) is 10.8. The number of benzene rings is 1. The molecule has 1 aromatic rings. The predicted molar refractivity (Wildman–Crippen MR) is 94.6 cm³/mol. The summed E-state index contributed by atoms with van der Waals surface area (Å²) in [5.74, 6) is 0. The number of aldehydes is 1. The second kappa shape index (κ2) is 6.60. The number of likely N-dealkylation sites (N-methyl/N-ethyl adjacent to an activating group) is 1. The molecule has 1 heterocycles. The first-order chi connectivity index (χ1) is 10.7. The minimum atomic E-state index is -0.376. The lowest BCUT2D eigenvalue weighted by atomic mass is 9.77. The number of carbonyl (C=O) groups is 1. The summed E-state index contributed by atoms with van der Waals surface area (Å²) in [7, 11) is 1.53. The Morgan fingerprint density at radius 1 is 1.22 bits per heavy atom. The molecule has 5 heteroatoms. The van der Waals surface area contributed by atoms with Crippen molar-refractivity contribution in [1.29, 1.82) is 0 Å². The number of hydrogen-bond donors (Lipinski definition) is 1. The van der Waals surface area contributed by atoms with E-state index in [2.05, 4.69) is 11.4 Å². The molecule has 23 heavy (non-hydrogen) atoms. The third-order valence-electron chi connectivity index (χ3n) is 4.71. The van der Waals surface area contributed by atoms with Crippen LogP contribution in [0.3, 0.4) is 0 Å². The van der Waals surface area contributed by atoms with Crippen molar-refractivity contribution >= 4 is 19.5 Å². The summed E-state index contributed by atoms with van der Waals surface area (Å²) in [4.78, 5) is 11.0.